The number of carboxylic acid groups (broad SMARTS) is 2. The van der Waals surface area contributed by atoms with Gasteiger partial charge in [-0.2, -0.15) is 5.10 Å². The molecule has 0 bridgehead atoms. The van der Waals surface area contributed by atoms with Crippen molar-refractivity contribution >= 4 is 17.8 Å². The molecule has 0 saturated carbocycles. The largest absolute Gasteiger partial charge is 0.478 e. The number of aromatic nitrogens is 3. The third-order valence-corrected chi connectivity index (χ3v) is 5.27. The van der Waals surface area contributed by atoms with Crippen molar-refractivity contribution in [1.29, 1.82) is 0 Å². The molecule has 2 aromatic carbocycles. The normalized spacial score (nSPS) is 10.7. The second-order valence-corrected chi connectivity index (χ2v) is 7.44. The molecule has 8 nitrogen and oxygen atoms in total. The number of carboxylic acids is 2. The summed E-state index contributed by atoms with van der Waals surface area (Å²) >= 11 is 0. The Balaban J connectivity index is 1.69. The first-order valence-corrected chi connectivity index (χ1v) is 10.4. The minimum atomic E-state index is -0.993. The molecule has 166 valence electrons. The van der Waals surface area contributed by atoms with Gasteiger partial charge in [-0.1, -0.05) is 19.1 Å². The lowest BCUT2D eigenvalue weighted by Gasteiger charge is -2.07. The molecule has 0 unspecified atom stereocenters. The first-order valence-electron chi connectivity index (χ1n) is 10.4. The van der Waals surface area contributed by atoms with Crippen LogP contribution in [0.25, 0.3) is 16.9 Å². The van der Waals surface area contributed by atoms with E-state index in [4.69, 9.17) is 10.2 Å². The van der Waals surface area contributed by atoms with Crippen LogP contribution in [-0.2, 0) is 13.0 Å². The van der Waals surface area contributed by atoms with Crippen molar-refractivity contribution in [3.05, 3.63) is 95.3 Å². The van der Waals surface area contributed by atoms with E-state index in [0.29, 0.717) is 17.9 Å². The number of anilines is 1. The number of pyridine rings is 1. The van der Waals surface area contributed by atoms with Crippen molar-refractivity contribution < 1.29 is 19.8 Å². The number of benzene rings is 2. The second-order valence-electron chi connectivity index (χ2n) is 7.44. The van der Waals surface area contributed by atoms with Crippen molar-refractivity contribution in [2.75, 3.05) is 5.32 Å². The fourth-order valence-electron chi connectivity index (χ4n) is 3.42. The van der Waals surface area contributed by atoms with Gasteiger partial charge in [0.05, 0.1) is 22.5 Å². The Bertz CT molecular complexity index is 1290. The molecular weight excluding hydrogens is 420 g/mol. The number of rotatable bonds is 8. The van der Waals surface area contributed by atoms with Crippen molar-refractivity contribution in [3.8, 4) is 16.9 Å². The minimum absolute atomic E-state index is 0.194. The van der Waals surface area contributed by atoms with Gasteiger partial charge < -0.3 is 15.5 Å². The Hall–Kier alpha value is -4.46. The molecule has 0 fully saturated rings. The van der Waals surface area contributed by atoms with Gasteiger partial charge >= 0.3 is 11.9 Å². The maximum Gasteiger partial charge on any atom is 0.335 e. The Morgan fingerprint density at radius 1 is 0.939 bits per heavy atom. The zero-order valence-corrected chi connectivity index (χ0v) is 17.9. The van der Waals surface area contributed by atoms with Gasteiger partial charge in [0.1, 0.15) is 5.82 Å². The number of nitrogens with zero attached hydrogens (tertiary/aromatic N) is 3. The standard InChI is InChI=1S/C25H22N4O4/c1-2-16-11-12-26-22(13-16)27-14-20-15-29(21-9-7-19(8-10-21)25(32)33)28-23(20)17-3-5-18(6-4-17)24(30)31/h3-13,15H,2,14H2,1H3,(H,26,27)(H,30,31)(H,32,33). The van der Waals surface area contributed by atoms with Gasteiger partial charge in [0.2, 0.25) is 0 Å². The number of aromatic carboxylic acids is 2. The number of aryl methyl sites for hydroxylation is 1. The molecule has 0 saturated heterocycles. The topological polar surface area (TPSA) is 117 Å². The van der Waals surface area contributed by atoms with Gasteiger partial charge in [0, 0.05) is 30.1 Å². The highest BCUT2D eigenvalue weighted by Gasteiger charge is 2.14. The van der Waals surface area contributed by atoms with E-state index in [1.807, 2.05) is 18.3 Å². The second kappa shape index (κ2) is 9.35. The fourth-order valence-corrected chi connectivity index (χ4v) is 3.42. The molecule has 0 aliphatic carbocycles. The molecular formula is C25H22N4O4. The molecule has 0 radical (unpaired) electrons. The summed E-state index contributed by atoms with van der Waals surface area (Å²) in [5, 5.41) is 26.4. The zero-order chi connectivity index (χ0) is 23.4. The highest BCUT2D eigenvalue weighted by Crippen LogP contribution is 2.25. The van der Waals surface area contributed by atoms with Crippen LogP contribution in [0.1, 0.15) is 38.8 Å². The average Bonchev–Trinajstić information content (AvgIpc) is 3.27. The molecule has 3 N–H and O–H groups in total. The van der Waals surface area contributed by atoms with Crippen LogP contribution in [0.2, 0.25) is 0 Å². The third-order valence-electron chi connectivity index (χ3n) is 5.27. The van der Waals surface area contributed by atoms with Crippen molar-refractivity contribution in [1.82, 2.24) is 14.8 Å². The minimum Gasteiger partial charge on any atom is -0.478 e. The van der Waals surface area contributed by atoms with E-state index in [0.717, 1.165) is 23.4 Å². The number of hydrogen-bond acceptors (Lipinski definition) is 5. The fraction of sp³-hybridized carbons (Fsp3) is 0.120. The monoisotopic (exact) mass is 442 g/mol. The van der Waals surface area contributed by atoms with Crippen molar-refractivity contribution in [2.45, 2.75) is 19.9 Å². The quantitative estimate of drug-likeness (QED) is 0.368. The highest BCUT2D eigenvalue weighted by molar-refractivity contribution is 5.88. The lowest BCUT2D eigenvalue weighted by molar-refractivity contribution is 0.0686. The van der Waals surface area contributed by atoms with E-state index in [1.165, 1.54) is 17.7 Å². The summed E-state index contributed by atoms with van der Waals surface area (Å²) in [6.45, 7) is 2.53. The maximum absolute atomic E-state index is 11.2. The van der Waals surface area contributed by atoms with E-state index >= 15 is 0 Å². The lowest BCUT2D eigenvalue weighted by atomic mass is 10.1. The SMILES string of the molecule is CCc1ccnc(NCc2cn(-c3ccc(C(=O)O)cc3)nc2-c2ccc(C(=O)O)cc2)c1. The Morgan fingerprint density at radius 2 is 1.58 bits per heavy atom. The zero-order valence-electron chi connectivity index (χ0n) is 17.9. The van der Waals surface area contributed by atoms with Gasteiger partial charge in [-0.05, 0) is 60.5 Å². The van der Waals surface area contributed by atoms with Crippen LogP contribution in [-0.4, -0.2) is 36.9 Å². The van der Waals surface area contributed by atoms with Gasteiger partial charge in [0.15, 0.2) is 0 Å². The molecule has 0 aliphatic rings. The van der Waals surface area contributed by atoms with Crippen LogP contribution in [0.3, 0.4) is 0 Å². The molecule has 2 heterocycles. The Kier molecular flexibility index (Phi) is 6.17. The highest BCUT2D eigenvalue weighted by atomic mass is 16.4. The summed E-state index contributed by atoms with van der Waals surface area (Å²) < 4.78 is 1.68. The summed E-state index contributed by atoms with van der Waals surface area (Å²) in [7, 11) is 0. The summed E-state index contributed by atoms with van der Waals surface area (Å²) in [6, 6.07) is 16.9. The maximum atomic E-state index is 11.2. The molecule has 8 heteroatoms. The Labute approximate surface area is 190 Å². The molecule has 4 rings (SSSR count). The van der Waals surface area contributed by atoms with E-state index in [-0.39, 0.29) is 11.1 Å². The smallest absolute Gasteiger partial charge is 0.335 e. The van der Waals surface area contributed by atoms with Crippen LogP contribution in [0.15, 0.2) is 73.1 Å². The van der Waals surface area contributed by atoms with E-state index in [9.17, 15) is 14.7 Å². The molecule has 4 aromatic rings. The summed E-state index contributed by atoms with van der Waals surface area (Å²) in [5.41, 5.74) is 4.61. The molecule has 0 amide bonds. The van der Waals surface area contributed by atoms with Gasteiger partial charge in [-0.3, -0.25) is 0 Å². The van der Waals surface area contributed by atoms with E-state index in [1.54, 1.807) is 47.3 Å². The third kappa shape index (κ3) is 4.90. The average molecular weight is 442 g/mol. The summed E-state index contributed by atoms with van der Waals surface area (Å²) in [6.07, 6.45) is 4.54. The first-order chi connectivity index (χ1) is 15.9. The van der Waals surface area contributed by atoms with Crippen molar-refractivity contribution in [2.24, 2.45) is 0 Å². The molecule has 0 atom stereocenters. The first kappa shape index (κ1) is 21.8. The summed E-state index contributed by atoms with van der Waals surface area (Å²) in [5.74, 6) is -1.23. The molecule has 33 heavy (non-hydrogen) atoms. The van der Waals surface area contributed by atoms with Gasteiger partial charge in [-0.15, -0.1) is 0 Å². The van der Waals surface area contributed by atoms with Crippen molar-refractivity contribution in [3.63, 3.8) is 0 Å². The lowest BCUT2D eigenvalue weighted by Crippen LogP contribution is -2.02. The molecule has 0 aliphatic heterocycles. The van der Waals surface area contributed by atoms with Gasteiger partial charge in [0.25, 0.3) is 0 Å². The Morgan fingerprint density at radius 3 is 2.18 bits per heavy atom. The number of hydrogen-bond donors (Lipinski definition) is 3. The number of nitrogens with one attached hydrogen (secondary N) is 1. The summed E-state index contributed by atoms with van der Waals surface area (Å²) in [4.78, 5) is 26.7. The predicted octanol–water partition coefficient (Wildman–Crippen LogP) is 4.51. The van der Waals surface area contributed by atoms with E-state index in [2.05, 4.69) is 17.2 Å². The molecule has 2 aromatic heterocycles. The van der Waals surface area contributed by atoms with Gasteiger partial charge in [-0.25, -0.2) is 19.3 Å². The van der Waals surface area contributed by atoms with Crippen LogP contribution in [0.4, 0.5) is 5.82 Å². The number of carbonyl (C=O) groups is 2. The van der Waals surface area contributed by atoms with Crippen LogP contribution in [0, 0.1) is 0 Å². The van der Waals surface area contributed by atoms with Crippen LogP contribution >= 0.6 is 0 Å². The van der Waals surface area contributed by atoms with E-state index < -0.39 is 11.9 Å². The predicted molar refractivity (Wildman–Crippen MR) is 124 cm³/mol. The molecule has 0 spiro atoms. The van der Waals surface area contributed by atoms with Crippen LogP contribution in [0.5, 0.6) is 0 Å². The van der Waals surface area contributed by atoms with Crippen LogP contribution < -0.4 is 5.32 Å².